The van der Waals surface area contributed by atoms with Gasteiger partial charge in [0.1, 0.15) is 11.8 Å². The summed E-state index contributed by atoms with van der Waals surface area (Å²) in [6, 6.07) is 16.2. The fraction of sp³-hybridized carbons (Fsp3) is 0.273. The van der Waals surface area contributed by atoms with Gasteiger partial charge in [0, 0.05) is 24.9 Å². The number of aryl methyl sites for hydroxylation is 1. The van der Waals surface area contributed by atoms with Crippen molar-refractivity contribution in [2.24, 2.45) is 0 Å². The van der Waals surface area contributed by atoms with Crippen molar-refractivity contribution in [1.29, 1.82) is 0 Å². The number of ether oxygens (including phenoxy) is 1. The monoisotopic (exact) mass is 374 g/mol. The average Bonchev–Trinajstić information content (AvgIpc) is 2.75. The Kier molecular flexibility index (Phi) is 5.39. The molecule has 1 aliphatic heterocycles. The van der Waals surface area contributed by atoms with Gasteiger partial charge in [-0.25, -0.2) is 4.98 Å². The maximum absolute atomic E-state index is 12.7. The molecule has 142 valence electrons. The Hall–Kier alpha value is -3.12. The van der Waals surface area contributed by atoms with Gasteiger partial charge in [0.15, 0.2) is 0 Å². The third-order valence-electron chi connectivity index (χ3n) is 4.74. The van der Waals surface area contributed by atoms with E-state index < -0.39 is 0 Å². The Bertz CT molecular complexity index is 944. The van der Waals surface area contributed by atoms with Gasteiger partial charge in [-0.3, -0.25) is 14.8 Å². The van der Waals surface area contributed by atoms with Crippen molar-refractivity contribution in [3.63, 3.8) is 0 Å². The molecule has 0 spiro atoms. The van der Waals surface area contributed by atoms with Gasteiger partial charge in [0.2, 0.25) is 0 Å². The second-order valence-corrected chi connectivity index (χ2v) is 6.87. The maximum atomic E-state index is 12.7. The van der Waals surface area contributed by atoms with Crippen molar-refractivity contribution < 1.29 is 9.53 Å². The molecule has 0 aliphatic carbocycles. The van der Waals surface area contributed by atoms with Crippen LogP contribution < -0.4 is 0 Å². The maximum Gasteiger partial charge on any atom is 0.274 e. The third kappa shape index (κ3) is 4.23. The fourth-order valence-corrected chi connectivity index (χ4v) is 3.26. The van der Waals surface area contributed by atoms with Crippen LogP contribution in [0.15, 0.2) is 60.9 Å². The summed E-state index contributed by atoms with van der Waals surface area (Å²) >= 11 is 0. The van der Waals surface area contributed by atoms with E-state index in [0.29, 0.717) is 25.4 Å². The number of carbonyl (C=O) groups is 1. The summed E-state index contributed by atoms with van der Waals surface area (Å²) in [5.41, 5.74) is 4.19. The average molecular weight is 374 g/mol. The lowest BCUT2D eigenvalue weighted by Gasteiger charge is -2.32. The highest BCUT2D eigenvalue weighted by Gasteiger charge is 2.27. The van der Waals surface area contributed by atoms with Crippen molar-refractivity contribution in [3.05, 3.63) is 89.3 Å². The van der Waals surface area contributed by atoms with Crippen LogP contribution in [0.5, 0.6) is 0 Å². The van der Waals surface area contributed by atoms with Crippen LogP contribution in [0.1, 0.15) is 39.2 Å². The fourth-order valence-electron chi connectivity index (χ4n) is 3.26. The van der Waals surface area contributed by atoms with E-state index in [-0.39, 0.29) is 12.0 Å². The van der Waals surface area contributed by atoms with Crippen molar-refractivity contribution in [1.82, 2.24) is 19.9 Å². The number of carbonyl (C=O) groups excluding carboxylic acids is 1. The molecule has 6 nitrogen and oxygen atoms in total. The van der Waals surface area contributed by atoms with Gasteiger partial charge in [-0.1, -0.05) is 36.4 Å². The Morgan fingerprint density at radius 3 is 2.75 bits per heavy atom. The summed E-state index contributed by atoms with van der Waals surface area (Å²) in [4.78, 5) is 27.7. The first-order valence-electron chi connectivity index (χ1n) is 9.38. The number of amides is 1. The highest BCUT2D eigenvalue weighted by molar-refractivity contribution is 5.92. The minimum atomic E-state index is -0.244. The molecular formula is C22H22N4O2. The van der Waals surface area contributed by atoms with E-state index >= 15 is 0 Å². The summed E-state index contributed by atoms with van der Waals surface area (Å²) < 4.78 is 5.91. The van der Waals surface area contributed by atoms with E-state index in [0.717, 1.165) is 23.5 Å². The standard InChI is InChI=1S/C22H22N4O2/c1-16-13-24-20(14-23-16)22(27)26-10-11-28-21(15-26)19-9-5-8-18(25-19)12-17-6-3-2-4-7-17/h2-9,13-14,21H,10-12,15H2,1H3. The zero-order valence-corrected chi connectivity index (χ0v) is 15.8. The molecule has 0 radical (unpaired) electrons. The number of aromatic nitrogens is 3. The summed E-state index contributed by atoms with van der Waals surface area (Å²) in [5.74, 6) is -0.124. The van der Waals surface area contributed by atoms with Crippen molar-refractivity contribution in [2.45, 2.75) is 19.4 Å². The minimum Gasteiger partial charge on any atom is -0.368 e. The van der Waals surface area contributed by atoms with E-state index in [1.54, 1.807) is 11.1 Å². The van der Waals surface area contributed by atoms with Crippen LogP contribution in [0.25, 0.3) is 0 Å². The van der Waals surface area contributed by atoms with E-state index in [1.807, 2.05) is 43.3 Å². The Morgan fingerprint density at radius 2 is 1.96 bits per heavy atom. The number of rotatable bonds is 4. The van der Waals surface area contributed by atoms with Gasteiger partial charge in [-0.05, 0) is 24.6 Å². The molecule has 1 aromatic carbocycles. The number of morpholine rings is 1. The van der Waals surface area contributed by atoms with Crippen molar-refractivity contribution in [2.75, 3.05) is 19.7 Å². The minimum absolute atomic E-state index is 0.124. The molecule has 1 atom stereocenters. The van der Waals surface area contributed by atoms with E-state index in [9.17, 15) is 4.79 Å². The van der Waals surface area contributed by atoms with Gasteiger partial charge in [0.25, 0.3) is 5.91 Å². The van der Waals surface area contributed by atoms with Crippen LogP contribution in [0.4, 0.5) is 0 Å². The molecule has 2 aromatic heterocycles. The van der Waals surface area contributed by atoms with Gasteiger partial charge in [-0.15, -0.1) is 0 Å². The van der Waals surface area contributed by atoms with E-state index in [2.05, 4.69) is 22.1 Å². The quantitative estimate of drug-likeness (QED) is 0.702. The van der Waals surface area contributed by atoms with Crippen LogP contribution in [-0.4, -0.2) is 45.5 Å². The molecule has 1 fully saturated rings. The summed E-state index contributed by atoms with van der Waals surface area (Å²) in [6.07, 6.45) is 3.66. The van der Waals surface area contributed by atoms with Crippen LogP contribution in [0, 0.1) is 6.92 Å². The zero-order chi connectivity index (χ0) is 19.3. The molecule has 28 heavy (non-hydrogen) atoms. The normalized spacial score (nSPS) is 16.8. The lowest BCUT2D eigenvalue weighted by Crippen LogP contribution is -2.42. The first-order valence-corrected chi connectivity index (χ1v) is 9.38. The predicted molar refractivity (Wildman–Crippen MR) is 105 cm³/mol. The van der Waals surface area contributed by atoms with Crippen LogP contribution in [0.2, 0.25) is 0 Å². The molecule has 0 N–H and O–H groups in total. The number of hydrogen-bond donors (Lipinski definition) is 0. The van der Waals surface area contributed by atoms with Crippen LogP contribution >= 0.6 is 0 Å². The molecule has 4 rings (SSSR count). The number of benzene rings is 1. The van der Waals surface area contributed by atoms with Gasteiger partial charge < -0.3 is 9.64 Å². The molecule has 3 aromatic rings. The highest BCUT2D eigenvalue weighted by atomic mass is 16.5. The summed E-state index contributed by atoms with van der Waals surface area (Å²) in [6.45, 7) is 3.31. The van der Waals surface area contributed by atoms with Crippen LogP contribution in [0.3, 0.4) is 0 Å². The Labute approximate surface area is 164 Å². The van der Waals surface area contributed by atoms with Gasteiger partial charge >= 0.3 is 0 Å². The Balaban J connectivity index is 1.48. The van der Waals surface area contributed by atoms with Crippen LogP contribution in [-0.2, 0) is 11.2 Å². The number of hydrogen-bond acceptors (Lipinski definition) is 5. The SMILES string of the molecule is Cc1cnc(C(=O)N2CCOC(c3cccc(Cc4ccccc4)n3)C2)cn1. The third-order valence-corrected chi connectivity index (χ3v) is 4.74. The predicted octanol–water partition coefficient (Wildman–Crippen LogP) is 2.98. The second-order valence-electron chi connectivity index (χ2n) is 6.87. The smallest absolute Gasteiger partial charge is 0.274 e. The molecule has 3 heterocycles. The lowest BCUT2D eigenvalue weighted by atomic mass is 10.1. The molecule has 1 aliphatic rings. The van der Waals surface area contributed by atoms with Crippen molar-refractivity contribution in [3.8, 4) is 0 Å². The molecule has 0 bridgehead atoms. The first kappa shape index (κ1) is 18.3. The van der Waals surface area contributed by atoms with E-state index in [1.165, 1.54) is 11.8 Å². The topological polar surface area (TPSA) is 68.2 Å². The summed E-state index contributed by atoms with van der Waals surface area (Å²) in [5, 5.41) is 0. The molecule has 1 unspecified atom stereocenters. The molecular weight excluding hydrogens is 352 g/mol. The zero-order valence-electron chi connectivity index (χ0n) is 15.8. The number of nitrogens with zero attached hydrogens (tertiary/aromatic N) is 4. The number of pyridine rings is 1. The van der Waals surface area contributed by atoms with Crippen molar-refractivity contribution >= 4 is 5.91 Å². The largest absolute Gasteiger partial charge is 0.368 e. The second kappa shape index (κ2) is 8.27. The van der Waals surface area contributed by atoms with Gasteiger partial charge in [0.05, 0.1) is 30.7 Å². The lowest BCUT2D eigenvalue weighted by molar-refractivity contribution is -0.0250. The highest BCUT2D eigenvalue weighted by Crippen LogP contribution is 2.22. The summed E-state index contributed by atoms with van der Waals surface area (Å²) in [7, 11) is 0. The molecule has 0 saturated carbocycles. The molecule has 1 amide bonds. The van der Waals surface area contributed by atoms with E-state index in [4.69, 9.17) is 9.72 Å². The van der Waals surface area contributed by atoms with Gasteiger partial charge in [-0.2, -0.15) is 0 Å². The Morgan fingerprint density at radius 1 is 1.11 bits per heavy atom. The first-order chi connectivity index (χ1) is 13.7. The molecule has 1 saturated heterocycles. The molecule has 6 heteroatoms.